The third-order valence-electron chi connectivity index (χ3n) is 6.73. The van der Waals surface area contributed by atoms with Crippen LogP contribution in [-0.4, -0.2) is 55.8 Å². The Kier molecular flexibility index (Phi) is 7.51. The molecule has 1 saturated heterocycles. The highest BCUT2D eigenvalue weighted by molar-refractivity contribution is 7.97. The molecule has 1 atom stereocenters. The van der Waals surface area contributed by atoms with Crippen LogP contribution in [0.1, 0.15) is 24.1 Å². The van der Waals surface area contributed by atoms with Crippen LogP contribution in [0.25, 0.3) is 10.9 Å². The number of aromatic amines is 1. The highest BCUT2D eigenvalue weighted by Crippen LogP contribution is 2.32. The summed E-state index contributed by atoms with van der Waals surface area (Å²) < 4.78 is 23.2. The van der Waals surface area contributed by atoms with Crippen molar-refractivity contribution >= 4 is 22.9 Å². The lowest BCUT2D eigenvalue weighted by Gasteiger charge is -2.26. The first kappa shape index (κ1) is 22.7. The van der Waals surface area contributed by atoms with E-state index in [4.69, 9.17) is 4.74 Å². The lowest BCUT2D eigenvalue weighted by atomic mass is 9.86. The second-order valence-electron chi connectivity index (χ2n) is 9.10. The van der Waals surface area contributed by atoms with E-state index in [1.807, 2.05) is 6.07 Å². The van der Waals surface area contributed by atoms with Gasteiger partial charge in [0.05, 0.1) is 6.61 Å². The van der Waals surface area contributed by atoms with E-state index in [1.165, 1.54) is 22.2 Å². The Balaban J connectivity index is 1.04. The molecule has 2 aromatic carbocycles. The van der Waals surface area contributed by atoms with Crippen molar-refractivity contribution in [3.63, 3.8) is 0 Å². The number of halogens is 1. The predicted molar refractivity (Wildman–Crippen MR) is 133 cm³/mol. The molecule has 3 N–H and O–H groups in total. The van der Waals surface area contributed by atoms with Gasteiger partial charge in [0.15, 0.2) is 0 Å². The Morgan fingerprint density at radius 3 is 2.82 bits per heavy atom. The van der Waals surface area contributed by atoms with Crippen LogP contribution in [0.5, 0.6) is 5.75 Å². The summed E-state index contributed by atoms with van der Waals surface area (Å²) in [5, 5.41) is 4.43. The van der Waals surface area contributed by atoms with E-state index in [-0.39, 0.29) is 5.82 Å². The number of fused-ring (bicyclic) bond motifs is 3. The van der Waals surface area contributed by atoms with Crippen LogP contribution in [0.4, 0.5) is 4.39 Å². The van der Waals surface area contributed by atoms with Gasteiger partial charge in [-0.3, -0.25) is 4.72 Å². The van der Waals surface area contributed by atoms with Gasteiger partial charge in [-0.1, -0.05) is 0 Å². The molecule has 1 aliphatic carbocycles. The summed E-state index contributed by atoms with van der Waals surface area (Å²) in [6.07, 6.45) is 4.23. The molecule has 0 radical (unpaired) electrons. The monoisotopic (exact) mass is 468 g/mol. The third-order valence-corrected chi connectivity index (χ3v) is 7.55. The summed E-state index contributed by atoms with van der Waals surface area (Å²) in [4.78, 5) is 7.16. The Morgan fingerprint density at radius 2 is 1.97 bits per heavy atom. The zero-order chi connectivity index (χ0) is 22.5. The summed E-state index contributed by atoms with van der Waals surface area (Å²) >= 11 is 1.67. The van der Waals surface area contributed by atoms with E-state index in [0.29, 0.717) is 5.92 Å². The van der Waals surface area contributed by atoms with Crippen molar-refractivity contribution in [1.29, 1.82) is 0 Å². The van der Waals surface area contributed by atoms with Crippen molar-refractivity contribution in [3.05, 3.63) is 59.5 Å². The molecule has 1 aliphatic heterocycles. The maximum absolute atomic E-state index is 13.7. The summed E-state index contributed by atoms with van der Waals surface area (Å²) in [7, 11) is 0. The molecule has 2 aliphatic rings. The number of H-pyrrole nitrogens is 1. The molecule has 0 amide bonds. The first-order valence-electron chi connectivity index (χ1n) is 12.1. The third kappa shape index (κ3) is 5.90. The topological polar surface area (TPSA) is 52.3 Å². The van der Waals surface area contributed by atoms with Gasteiger partial charge in [0.25, 0.3) is 0 Å². The molecule has 0 spiro atoms. The number of piperazine rings is 1. The van der Waals surface area contributed by atoms with Gasteiger partial charge in [0, 0.05) is 60.8 Å². The highest BCUT2D eigenvalue weighted by atomic mass is 32.2. The van der Waals surface area contributed by atoms with E-state index in [2.05, 4.69) is 44.2 Å². The molecule has 1 aromatic heterocycles. The van der Waals surface area contributed by atoms with Crippen molar-refractivity contribution in [2.75, 3.05) is 45.9 Å². The van der Waals surface area contributed by atoms with E-state index in [9.17, 15) is 4.39 Å². The van der Waals surface area contributed by atoms with Crippen LogP contribution >= 0.6 is 11.9 Å². The Morgan fingerprint density at radius 1 is 1.12 bits per heavy atom. The average Bonchev–Trinajstić information content (AvgIpc) is 3.21. The highest BCUT2D eigenvalue weighted by Gasteiger charge is 2.22. The van der Waals surface area contributed by atoms with Crippen molar-refractivity contribution in [2.24, 2.45) is 5.92 Å². The standard InChI is InChI=1S/C26H33FN4OS/c27-20-3-9-26-24(17-20)23-16-19(2-8-25(23)30-26)18-29-33-22-6-4-21(5-7-22)32-15-1-12-31-13-10-28-11-14-31/h3-7,9,17,19,28-30H,1-2,8,10-16,18H2. The molecular formula is C26H33FN4OS. The largest absolute Gasteiger partial charge is 0.494 e. The fraction of sp³-hybridized carbons (Fsp3) is 0.462. The van der Waals surface area contributed by atoms with Crippen molar-refractivity contribution in [1.82, 2.24) is 19.9 Å². The molecule has 3 aromatic rings. The number of hydrogen-bond donors (Lipinski definition) is 3. The average molecular weight is 469 g/mol. The first-order valence-corrected chi connectivity index (χ1v) is 12.9. The molecule has 33 heavy (non-hydrogen) atoms. The van der Waals surface area contributed by atoms with Gasteiger partial charge < -0.3 is 19.9 Å². The minimum absolute atomic E-state index is 0.160. The molecule has 2 heterocycles. The van der Waals surface area contributed by atoms with Crippen LogP contribution in [0, 0.1) is 11.7 Å². The summed E-state index contributed by atoms with van der Waals surface area (Å²) in [5.74, 6) is 1.34. The fourth-order valence-electron chi connectivity index (χ4n) is 4.90. The van der Waals surface area contributed by atoms with Crippen LogP contribution in [-0.2, 0) is 12.8 Å². The van der Waals surface area contributed by atoms with E-state index < -0.39 is 0 Å². The van der Waals surface area contributed by atoms with Gasteiger partial charge >= 0.3 is 0 Å². The van der Waals surface area contributed by atoms with Crippen molar-refractivity contribution in [2.45, 2.75) is 30.6 Å². The summed E-state index contributed by atoms with van der Waals surface area (Å²) in [6.45, 7) is 7.28. The normalized spacial score (nSPS) is 19.0. The Hall–Kier alpha value is -2.06. The number of benzene rings is 2. The van der Waals surface area contributed by atoms with Crippen LogP contribution < -0.4 is 14.8 Å². The zero-order valence-electron chi connectivity index (χ0n) is 19.0. The van der Waals surface area contributed by atoms with Gasteiger partial charge in [-0.15, -0.1) is 0 Å². The number of nitrogens with one attached hydrogen (secondary N) is 3. The number of aromatic nitrogens is 1. The molecule has 176 valence electrons. The molecule has 5 nitrogen and oxygen atoms in total. The molecule has 0 bridgehead atoms. The lowest BCUT2D eigenvalue weighted by Crippen LogP contribution is -2.43. The minimum Gasteiger partial charge on any atom is -0.494 e. The lowest BCUT2D eigenvalue weighted by molar-refractivity contribution is 0.214. The maximum atomic E-state index is 13.7. The van der Waals surface area contributed by atoms with Crippen molar-refractivity contribution < 1.29 is 9.13 Å². The molecule has 0 saturated carbocycles. The second kappa shape index (κ2) is 10.9. The van der Waals surface area contributed by atoms with E-state index in [1.54, 1.807) is 18.0 Å². The molecule has 1 fully saturated rings. The quantitative estimate of drug-likeness (QED) is 0.321. The molecular weight excluding hydrogens is 435 g/mol. The first-order chi connectivity index (χ1) is 16.2. The Labute approximate surface area is 199 Å². The predicted octanol–water partition coefficient (Wildman–Crippen LogP) is 4.38. The van der Waals surface area contributed by atoms with Gasteiger partial charge in [0.2, 0.25) is 0 Å². The smallest absolute Gasteiger partial charge is 0.123 e. The number of aryl methyl sites for hydroxylation is 1. The van der Waals surface area contributed by atoms with Crippen LogP contribution in [0.3, 0.4) is 0 Å². The van der Waals surface area contributed by atoms with Gasteiger partial charge in [-0.2, -0.15) is 0 Å². The Bertz CT molecular complexity index is 1050. The summed E-state index contributed by atoms with van der Waals surface area (Å²) in [5.41, 5.74) is 3.63. The summed E-state index contributed by atoms with van der Waals surface area (Å²) in [6, 6.07) is 13.4. The van der Waals surface area contributed by atoms with Crippen LogP contribution in [0.2, 0.25) is 0 Å². The van der Waals surface area contributed by atoms with E-state index in [0.717, 1.165) is 88.2 Å². The minimum atomic E-state index is -0.160. The number of ether oxygens (including phenoxy) is 1. The van der Waals surface area contributed by atoms with Gasteiger partial charge in [-0.25, -0.2) is 4.39 Å². The fourth-order valence-corrected chi connectivity index (χ4v) is 5.65. The molecule has 1 unspecified atom stereocenters. The maximum Gasteiger partial charge on any atom is 0.123 e. The zero-order valence-corrected chi connectivity index (χ0v) is 19.9. The van der Waals surface area contributed by atoms with Gasteiger partial charge in [0.1, 0.15) is 11.6 Å². The number of hydrogen-bond acceptors (Lipinski definition) is 5. The SMILES string of the molecule is Fc1ccc2[nH]c3c(c2c1)CC(CNSc1ccc(OCCCN2CCNCC2)cc1)CC3. The van der Waals surface area contributed by atoms with Gasteiger partial charge in [-0.05, 0) is 91.6 Å². The second-order valence-corrected chi connectivity index (χ2v) is 10.1. The molecule has 5 rings (SSSR count). The molecule has 7 heteroatoms. The van der Waals surface area contributed by atoms with Crippen molar-refractivity contribution in [3.8, 4) is 5.75 Å². The number of nitrogens with zero attached hydrogens (tertiary/aromatic N) is 1. The number of rotatable bonds is 9. The van der Waals surface area contributed by atoms with Crippen LogP contribution in [0.15, 0.2) is 47.4 Å². The van der Waals surface area contributed by atoms with E-state index >= 15 is 0 Å².